The standard InChI is InChI=1S/C11H19F2N5/c12-11(13)3-5-18(6-4-11)10(15)17-9(14)16-7-8-1-2-8/h8H,1-7H2,(H4,14,15,16,17). The van der Waals surface area contributed by atoms with Crippen molar-refractivity contribution in [1.29, 1.82) is 10.8 Å². The number of hydrogen-bond acceptors (Lipinski definition) is 2. The smallest absolute Gasteiger partial charge is 0.251 e. The van der Waals surface area contributed by atoms with Gasteiger partial charge >= 0.3 is 0 Å². The van der Waals surface area contributed by atoms with Crippen molar-refractivity contribution in [3.63, 3.8) is 0 Å². The maximum Gasteiger partial charge on any atom is 0.251 e. The average Bonchev–Trinajstić information content (AvgIpc) is 3.09. The molecule has 2 rings (SSSR count). The summed E-state index contributed by atoms with van der Waals surface area (Å²) >= 11 is 0. The fraction of sp³-hybridized carbons (Fsp3) is 0.818. The first-order valence-electron chi connectivity index (χ1n) is 6.27. The van der Waals surface area contributed by atoms with Gasteiger partial charge in [0.25, 0.3) is 5.92 Å². The van der Waals surface area contributed by atoms with Crippen molar-refractivity contribution < 1.29 is 8.78 Å². The molecule has 1 saturated heterocycles. The van der Waals surface area contributed by atoms with Gasteiger partial charge in [-0.15, -0.1) is 0 Å². The minimum atomic E-state index is -2.60. The quantitative estimate of drug-likeness (QED) is 0.444. The van der Waals surface area contributed by atoms with E-state index in [1.807, 2.05) is 0 Å². The van der Waals surface area contributed by atoms with Crippen molar-refractivity contribution in [1.82, 2.24) is 15.5 Å². The fourth-order valence-corrected chi connectivity index (χ4v) is 1.87. The maximum absolute atomic E-state index is 12.9. The highest BCUT2D eigenvalue weighted by molar-refractivity contribution is 5.95. The highest BCUT2D eigenvalue weighted by Gasteiger charge is 2.34. The van der Waals surface area contributed by atoms with Gasteiger partial charge in [-0.1, -0.05) is 0 Å². The second kappa shape index (κ2) is 5.07. The molecule has 0 aromatic carbocycles. The zero-order valence-electron chi connectivity index (χ0n) is 10.2. The summed E-state index contributed by atoms with van der Waals surface area (Å²) in [5, 5.41) is 20.8. The van der Waals surface area contributed by atoms with Crippen molar-refractivity contribution in [3.05, 3.63) is 0 Å². The molecular weight excluding hydrogens is 240 g/mol. The molecule has 1 aliphatic carbocycles. The summed E-state index contributed by atoms with van der Waals surface area (Å²) in [6.45, 7) is 1.07. The van der Waals surface area contributed by atoms with Gasteiger partial charge in [0.2, 0.25) is 0 Å². The molecule has 0 spiro atoms. The van der Waals surface area contributed by atoms with Crippen LogP contribution in [0.15, 0.2) is 0 Å². The molecule has 4 N–H and O–H groups in total. The monoisotopic (exact) mass is 259 g/mol. The molecule has 1 saturated carbocycles. The maximum atomic E-state index is 12.9. The molecule has 0 amide bonds. The van der Waals surface area contributed by atoms with E-state index in [9.17, 15) is 8.78 Å². The number of piperidine rings is 1. The lowest BCUT2D eigenvalue weighted by Gasteiger charge is -2.33. The molecule has 7 heteroatoms. The molecule has 1 aliphatic heterocycles. The average molecular weight is 259 g/mol. The van der Waals surface area contributed by atoms with E-state index in [4.69, 9.17) is 10.8 Å². The molecule has 18 heavy (non-hydrogen) atoms. The molecule has 0 aromatic heterocycles. The zero-order chi connectivity index (χ0) is 13.2. The van der Waals surface area contributed by atoms with Crippen LogP contribution in [-0.4, -0.2) is 42.4 Å². The van der Waals surface area contributed by atoms with Crippen LogP contribution in [0, 0.1) is 16.7 Å². The molecule has 2 aliphatic rings. The van der Waals surface area contributed by atoms with Crippen LogP contribution in [0.25, 0.3) is 0 Å². The van der Waals surface area contributed by atoms with Crippen molar-refractivity contribution in [3.8, 4) is 0 Å². The third-order valence-corrected chi connectivity index (χ3v) is 3.32. The summed E-state index contributed by atoms with van der Waals surface area (Å²) in [5.74, 6) is -1.85. The molecule has 1 heterocycles. The predicted molar refractivity (Wildman–Crippen MR) is 65.1 cm³/mol. The molecule has 0 radical (unpaired) electrons. The Hall–Kier alpha value is -1.40. The Labute approximate surface area is 105 Å². The van der Waals surface area contributed by atoms with E-state index in [1.54, 1.807) is 4.90 Å². The largest absolute Gasteiger partial charge is 0.356 e. The number of halogens is 2. The molecule has 0 aromatic rings. The number of rotatable bonds is 2. The summed E-state index contributed by atoms with van der Waals surface area (Å²) in [6.07, 6.45) is 1.94. The highest BCUT2D eigenvalue weighted by atomic mass is 19.3. The molecule has 5 nitrogen and oxygen atoms in total. The SMILES string of the molecule is N=C(NCC1CC1)NC(=N)N1CCC(F)(F)CC1. The Morgan fingerprint density at radius 3 is 2.39 bits per heavy atom. The van der Waals surface area contributed by atoms with Crippen LogP contribution in [-0.2, 0) is 0 Å². The lowest BCUT2D eigenvalue weighted by Crippen LogP contribution is -2.51. The zero-order valence-corrected chi connectivity index (χ0v) is 10.2. The normalized spacial score (nSPS) is 22.4. The highest BCUT2D eigenvalue weighted by Crippen LogP contribution is 2.28. The number of nitrogens with one attached hydrogen (secondary N) is 4. The Morgan fingerprint density at radius 2 is 1.83 bits per heavy atom. The van der Waals surface area contributed by atoms with Crippen LogP contribution in [0.3, 0.4) is 0 Å². The second-order valence-corrected chi connectivity index (χ2v) is 5.02. The van der Waals surface area contributed by atoms with Gasteiger partial charge in [0.05, 0.1) is 0 Å². The van der Waals surface area contributed by atoms with Crippen LogP contribution in [0.5, 0.6) is 0 Å². The van der Waals surface area contributed by atoms with E-state index in [0.29, 0.717) is 5.92 Å². The van der Waals surface area contributed by atoms with Crippen LogP contribution in [0.4, 0.5) is 8.78 Å². The van der Waals surface area contributed by atoms with Crippen LogP contribution >= 0.6 is 0 Å². The van der Waals surface area contributed by atoms with Gasteiger partial charge in [-0.05, 0) is 18.8 Å². The second-order valence-electron chi connectivity index (χ2n) is 5.02. The van der Waals surface area contributed by atoms with E-state index < -0.39 is 5.92 Å². The van der Waals surface area contributed by atoms with Gasteiger partial charge < -0.3 is 10.2 Å². The minimum Gasteiger partial charge on any atom is -0.356 e. The van der Waals surface area contributed by atoms with E-state index in [-0.39, 0.29) is 37.9 Å². The Bertz CT molecular complexity index is 330. The van der Waals surface area contributed by atoms with E-state index >= 15 is 0 Å². The number of alkyl halides is 2. The Morgan fingerprint density at radius 1 is 1.22 bits per heavy atom. The fourth-order valence-electron chi connectivity index (χ4n) is 1.87. The first-order valence-corrected chi connectivity index (χ1v) is 6.27. The van der Waals surface area contributed by atoms with Gasteiger partial charge in [-0.25, -0.2) is 8.78 Å². The number of nitrogens with zero attached hydrogens (tertiary/aromatic N) is 1. The third-order valence-electron chi connectivity index (χ3n) is 3.32. The molecular formula is C11H19F2N5. The van der Waals surface area contributed by atoms with Crippen LogP contribution in [0.2, 0.25) is 0 Å². The predicted octanol–water partition coefficient (Wildman–Crippen LogP) is 1.18. The summed E-state index contributed by atoms with van der Waals surface area (Å²) < 4.78 is 25.9. The third kappa shape index (κ3) is 3.82. The van der Waals surface area contributed by atoms with Crippen molar-refractivity contribution >= 4 is 11.9 Å². The van der Waals surface area contributed by atoms with Crippen molar-refractivity contribution in [2.75, 3.05) is 19.6 Å². The van der Waals surface area contributed by atoms with E-state index in [2.05, 4.69) is 10.6 Å². The molecule has 2 fully saturated rings. The van der Waals surface area contributed by atoms with Gasteiger partial charge in [0.15, 0.2) is 11.9 Å². The molecule has 102 valence electrons. The van der Waals surface area contributed by atoms with Gasteiger partial charge in [0.1, 0.15) is 0 Å². The molecule has 0 bridgehead atoms. The molecule has 0 unspecified atom stereocenters. The van der Waals surface area contributed by atoms with Crippen molar-refractivity contribution in [2.24, 2.45) is 5.92 Å². The molecule has 0 atom stereocenters. The number of hydrogen-bond donors (Lipinski definition) is 4. The van der Waals surface area contributed by atoms with Gasteiger partial charge in [-0.2, -0.15) is 0 Å². The van der Waals surface area contributed by atoms with Gasteiger partial charge in [0, 0.05) is 32.5 Å². The lowest BCUT2D eigenvalue weighted by molar-refractivity contribution is -0.0438. The van der Waals surface area contributed by atoms with E-state index in [0.717, 1.165) is 6.54 Å². The summed E-state index contributed by atoms with van der Waals surface area (Å²) in [6, 6.07) is 0. The van der Waals surface area contributed by atoms with E-state index in [1.165, 1.54) is 12.8 Å². The summed E-state index contributed by atoms with van der Waals surface area (Å²) in [5.41, 5.74) is 0. The first-order chi connectivity index (χ1) is 8.46. The lowest BCUT2D eigenvalue weighted by atomic mass is 10.1. The van der Waals surface area contributed by atoms with Crippen LogP contribution in [0.1, 0.15) is 25.7 Å². The first kappa shape index (κ1) is 13.0. The summed E-state index contributed by atoms with van der Waals surface area (Å²) in [4.78, 5) is 1.55. The number of guanidine groups is 2. The Kier molecular flexibility index (Phi) is 3.68. The topological polar surface area (TPSA) is 75.0 Å². The van der Waals surface area contributed by atoms with Crippen molar-refractivity contribution in [2.45, 2.75) is 31.6 Å². The van der Waals surface area contributed by atoms with Crippen LogP contribution < -0.4 is 10.6 Å². The minimum absolute atomic E-state index is 0.0267. The van der Waals surface area contributed by atoms with Gasteiger partial charge in [-0.3, -0.25) is 16.1 Å². The summed E-state index contributed by atoms with van der Waals surface area (Å²) in [7, 11) is 0. The number of likely N-dealkylation sites (tertiary alicyclic amines) is 1. The Balaban J connectivity index is 1.69.